The van der Waals surface area contributed by atoms with Crippen molar-refractivity contribution in [3.8, 4) is 0 Å². The maximum atomic E-state index is 12.0. The van der Waals surface area contributed by atoms with E-state index >= 15 is 0 Å². The maximum Gasteiger partial charge on any atom is 0.377 e. The van der Waals surface area contributed by atoms with E-state index in [4.69, 9.17) is 0 Å². The molecule has 0 amide bonds. The van der Waals surface area contributed by atoms with Crippen molar-refractivity contribution in [1.82, 2.24) is 0 Å². The summed E-state index contributed by atoms with van der Waals surface area (Å²) in [5.74, 6) is -17.3. The Hall–Kier alpha value is -0.560. The highest BCUT2D eigenvalue weighted by molar-refractivity contribution is 4.95. The summed E-state index contributed by atoms with van der Waals surface area (Å²) >= 11 is 0. The van der Waals surface area contributed by atoms with Crippen molar-refractivity contribution < 1.29 is 35.1 Å². The molecular weight excluding hydrogens is 236 g/mol. The van der Waals surface area contributed by atoms with Gasteiger partial charge in [0.1, 0.15) is 0 Å². The number of halogens is 8. The molecule has 0 spiro atoms. The minimum Gasteiger partial charge on any atom is -0.203 e. The number of alkyl halides is 8. The predicted molar refractivity (Wildman–Crippen MR) is 37.9 cm³/mol. The van der Waals surface area contributed by atoms with Crippen LogP contribution < -0.4 is 0 Å². The lowest BCUT2D eigenvalue weighted by molar-refractivity contribution is -0.333. The summed E-state index contributed by atoms with van der Waals surface area (Å²) in [6, 6.07) is 0. The van der Waals surface area contributed by atoms with Crippen LogP contribution in [0, 0.1) is 0 Å². The van der Waals surface area contributed by atoms with E-state index in [9.17, 15) is 35.1 Å². The Labute approximate surface area is 81.3 Å². The Morgan fingerprint density at radius 1 is 0.800 bits per heavy atom. The second kappa shape index (κ2) is 4.98. The maximum absolute atomic E-state index is 12.0. The summed E-state index contributed by atoms with van der Waals surface area (Å²) in [6.07, 6.45) is -4.84. The molecule has 0 saturated heterocycles. The van der Waals surface area contributed by atoms with E-state index in [2.05, 4.69) is 0 Å². The van der Waals surface area contributed by atoms with Gasteiger partial charge >= 0.3 is 24.2 Å². The monoisotopic (exact) mass is 246 g/mol. The van der Waals surface area contributed by atoms with Gasteiger partial charge in [0.15, 0.2) is 0 Å². The van der Waals surface area contributed by atoms with Gasteiger partial charge in [-0.15, -0.1) is 0 Å². The molecule has 0 saturated carbocycles. The van der Waals surface area contributed by atoms with E-state index in [0.29, 0.717) is 0 Å². The minimum atomic E-state index is -6.06. The van der Waals surface area contributed by atoms with Crippen LogP contribution in [0.3, 0.4) is 0 Å². The molecule has 0 aromatic rings. The van der Waals surface area contributed by atoms with Gasteiger partial charge in [-0.05, 0) is 0 Å². The van der Waals surface area contributed by atoms with E-state index in [1.807, 2.05) is 13.8 Å². The molecule has 0 nitrogen and oxygen atoms in total. The minimum absolute atomic E-state index is 0.552. The van der Waals surface area contributed by atoms with E-state index in [1.165, 1.54) is 0 Å². The number of rotatable bonds is 3. The fraction of sp³-hybridized carbons (Fsp3) is 1.00. The highest BCUT2D eigenvalue weighted by Gasteiger charge is 2.73. The highest BCUT2D eigenvalue weighted by Crippen LogP contribution is 2.47. The van der Waals surface area contributed by atoms with Crippen molar-refractivity contribution in [1.29, 1.82) is 0 Å². The van der Waals surface area contributed by atoms with Crippen LogP contribution in [0.5, 0.6) is 0 Å². The zero-order chi connectivity index (χ0) is 13.1. The zero-order valence-electron chi connectivity index (χ0n) is 8.10. The SMILES string of the molecule is CC.CC(F)(F)C(F)(F)C(F)(F)C(F)F. The second-order valence-corrected chi connectivity index (χ2v) is 2.39. The highest BCUT2D eigenvalue weighted by atomic mass is 19.4. The summed E-state index contributed by atoms with van der Waals surface area (Å²) in [5.41, 5.74) is 0. The molecule has 0 bridgehead atoms. The average Bonchev–Trinajstić information content (AvgIpc) is 2.05. The van der Waals surface area contributed by atoms with Crippen LogP contribution in [0.2, 0.25) is 0 Å². The van der Waals surface area contributed by atoms with Crippen molar-refractivity contribution >= 4 is 0 Å². The number of hydrogen-bond acceptors (Lipinski definition) is 0. The Morgan fingerprint density at radius 3 is 1.13 bits per heavy atom. The fourth-order valence-corrected chi connectivity index (χ4v) is 0.430. The third-order valence-corrected chi connectivity index (χ3v) is 1.24. The third kappa shape index (κ3) is 3.20. The lowest BCUT2D eigenvalue weighted by Gasteiger charge is -2.29. The van der Waals surface area contributed by atoms with Crippen LogP contribution in [0.25, 0.3) is 0 Å². The Balaban J connectivity index is 0. The molecule has 0 aliphatic rings. The first-order valence-corrected chi connectivity index (χ1v) is 3.86. The van der Waals surface area contributed by atoms with Crippen LogP contribution in [-0.2, 0) is 0 Å². The molecule has 8 heteroatoms. The van der Waals surface area contributed by atoms with Gasteiger partial charge in [-0.3, -0.25) is 0 Å². The van der Waals surface area contributed by atoms with Crippen LogP contribution in [-0.4, -0.2) is 24.2 Å². The van der Waals surface area contributed by atoms with Crippen molar-refractivity contribution in [2.45, 2.75) is 45.0 Å². The Kier molecular flexibility index (Phi) is 5.59. The zero-order valence-corrected chi connectivity index (χ0v) is 8.10. The second-order valence-electron chi connectivity index (χ2n) is 2.39. The first-order valence-electron chi connectivity index (χ1n) is 3.86. The van der Waals surface area contributed by atoms with E-state index in [-0.39, 0.29) is 0 Å². The standard InChI is InChI=1S/C5H4F8.C2H6/c1-3(8,9)5(12,13)4(10,11)2(6)7;1-2/h2H,1H3;1-2H3. The lowest BCUT2D eigenvalue weighted by atomic mass is 10.1. The molecule has 15 heavy (non-hydrogen) atoms. The van der Waals surface area contributed by atoms with Gasteiger partial charge in [0, 0.05) is 6.92 Å². The topological polar surface area (TPSA) is 0 Å². The summed E-state index contributed by atoms with van der Waals surface area (Å²) in [5, 5.41) is 0. The molecule has 0 aromatic carbocycles. The first kappa shape index (κ1) is 16.9. The molecule has 0 fully saturated rings. The van der Waals surface area contributed by atoms with Gasteiger partial charge < -0.3 is 0 Å². The molecule has 0 radical (unpaired) electrons. The molecule has 0 aliphatic heterocycles. The van der Waals surface area contributed by atoms with Crippen molar-refractivity contribution in [3.63, 3.8) is 0 Å². The van der Waals surface area contributed by atoms with Crippen LogP contribution in [0.4, 0.5) is 35.1 Å². The van der Waals surface area contributed by atoms with Gasteiger partial charge in [-0.2, -0.15) is 26.3 Å². The van der Waals surface area contributed by atoms with Gasteiger partial charge in [-0.1, -0.05) is 13.8 Å². The normalized spacial score (nSPS) is 13.6. The molecule has 0 rings (SSSR count). The molecule has 0 heterocycles. The average molecular weight is 246 g/mol. The molecule has 0 aliphatic carbocycles. The molecule has 0 aromatic heterocycles. The van der Waals surface area contributed by atoms with Gasteiger partial charge in [0.2, 0.25) is 0 Å². The largest absolute Gasteiger partial charge is 0.377 e. The van der Waals surface area contributed by atoms with Crippen molar-refractivity contribution in [2.75, 3.05) is 0 Å². The summed E-state index contributed by atoms with van der Waals surface area (Å²) < 4.78 is 93.8. The van der Waals surface area contributed by atoms with Crippen molar-refractivity contribution in [3.05, 3.63) is 0 Å². The summed E-state index contributed by atoms with van der Waals surface area (Å²) in [4.78, 5) is 0. The molecular formula is C7H10F8. The van der Waals surface area contributed by atoms with E-state index in [1.54, 1.807) is 0 Å². The smallest absolute Gasteiger partial charge is 0.203 e. The van der Waals surface area contributed by atoms with Gasteiger partial charge in [0.05, 0.1) is 0 Å². The molecule has 0 unspecified atom stereocenters. The molecule has 0 atom stereocenters. The molecule has 0 N–H and O–H groups in total. The quantitative estimate of drug-likeness (QED) is 0.654. The van der Waals surface area contributed by atoms with E-state index in [0.717, 1.165) is 0 Å². The van der Waals surface area contributed by atoms with Crippen LogP contribution in [0.15, 0.2) is 0 Å². The van der Waals surface area contributed by atoms with Crippen LogP contribution in [0.1, 0.15) is 20.8 Å². The lowest BCUT2D eigenvalue weighted by Crippen LogP contribution is -2.56. The summed E-state index contributed by atoms with van der Waals surface area (Å²) in [7, 11) is 0. The van der Waals surface area contributed by atoms with Crippen LogP contribution >= 0.6 is 0 Å². The fourth-order valence-electron chi connectivity index (χ4n) is 0.430. The first-order chi connectivity index (χ1) is 6.44. The predicted octanol–water partition coefficient (Wildman–Crippen LogP) is 4.20. The van der Waals surface area contributed by atoms with Gasteiger partial charge in [0.25, 0.3) is 0 Å². The summed E-state index contributed by atoms with van der Waals surface area (Å²) in [6.45, 7) is 3.45. The third-order valence-electron chi connectivity index (χ3n) is 1.24. The van der Waals surface area contributed by atoms with Crippen molar-refractivity contribution in [2.24, 2.45) is 0 Å². The Bertz CT molecular complexity index is 180. The number of hydrogen-bond donors (Lipinski definition) is 0. The Morgan fingerprint density at radius 2 is 1.07 bits per heavy atom. The van der Waals surface area contributed by atoms with Gasteiger partial charge in [-0.25, -0.2) is 8.78 Å². The van der Waals surface area contributed by atoms with E-state index < -0.39 is 31.1 Å². The molecule has 94 valence electrons.